The van der Waals surface area contributed by atoms with E-state index in [-0.39, 0.29) is 5.92 Å². The Morgan fingerprint density at radius 2 is 2.15 bits per heavy atom. The summed E-state index contributed by atoms with van der Waals surface area (Å²) < 4.78 is 5.16. The lowest BCUT2D eigenvalue weighted by molar-refractivity contribution is 0.0457. The molecule has 5 nitrogen and oxygen atoms in total. The number of piperazine rings is 1. The van der Waals surface area contributed by atoms with Gasteiger partial charge in [-0.15, -0.1) is 0 Å². The molecule has 1 heterocycles. The number of nitrogens with zero attached hydrogens (tertiary/aromatic N) is 4. The van der Waals surface area contributed by atoms with Crippen molar-refractivity contribution >= 4 is 0 Å². The Balaban J connectivity index is 2.43. The standard InChI is InChI=1S/C15H26N4O/c1-3-15-13-18(7-8-19(15)9-10-20-2)12-14(11-17)5-4-6-16/h14-15H,3-5,7-10,12-13H2,1-2H3/t14-,15+/m0/s1. The second-order valence-corrected chi connectivity index (χ2v) is 5.37. The normalized spacial score (nSPS) is 22.1. The number of rotatable bonds is 8. The maximum absolute atomic E-state index is 9.16. The fourth-order valence-electron chi connectivity index (χ4n) is 2.76. The van der Waals surface area contributed by atoms with Gasteiger partial charge in [-0.05, 0) is 12.8 Å². The summed E-state index contributed by atoms with van der Waals surface area (Å²) in [5.74, 6) is -0.0160. The minimum absolute atomic E-state index is 0.0160. The highest BCUT2D eigenvalue weighted by Crippen LogP contribution is 2.15. The van der Waals surface area contributed by atoms with Gasteiger partial charge in [-0.25, -0.2) is 0 Å². The molecule has 1 rings (SSSR count). The molecule has 1 fully saturated rings. The number of hydrogen-bond acceptors (Lipinski definition) is 5. The fourth-order valence-corrected chi connectivity index (χ4v) is 2.76. The van der Waals surface area contributed by atoms with Gasteiger partial charge in [-0.2, -0.15) is 10.5 Å². The van der Waals surface area contributed by atoms with Gasteiger partial charge in [0.25, 0.3) is 0 Å². The van der Waals surface area contributed by atoms with Crippen molar-refractivity contribution in [3.8, 4) is 12.1 Å². The van der Waals surface area contributed by atoms with Gasteiger partial charge in [-0.1, -0.05) is 6.92 Å². The van der Waals surface area contributed by atoms with Gasteiger partial charge in [0.15, 0.2) is 0 Å². The smallest absolute Gasteiger partial charge is 0.0669 e. The first kappa shape index (κ1) is 16.9. The highest BCUT2D eigenvalue weighted by atomic mass is 16.5. The summed E-state index contributed by atoms with van der Waals surface area (Å²) in [6.45, 7) is 7.84. The molecule has 0 aromatic heterocycles. The third kappa shape index (κ3) is 5.46. The van der Waals surface area contributed by atoms with E-state index < -0.39 is 0 Å². The second kappa shape index (κ2) is 9.72. The highest BCUT2D eigenvalue weighted by Gasteiger charge is 2.26. The number of ether oxygens (including phenoxy) is 1. The third-order valence-electron chi connectivity index (χ3n) is 4.01. The van der Waals surface area contributed by atoms with Gasteiger partial charge >= 0.3 is 0 Å². The summed E-state index contributed by atoms with van der Waals surface area (Å²) >= 11 is 0. The monoisotopic (exact) mass is 278 g/mol. The summed E-state index contributed by atoms with van der Waals surface area (Å²) in [4.78, 5) is 4.86. The molecule has 0 unspecified atom stereocenters. The third-order valence-corrected chi connectivity index (χ3v) is 4.01. The quantitative estimate of drug-likeness (QED) is 0.673. The number of hydrogen-bond donors (Lipinski definition) is 0. The van der Waals surface area contributed by atoms with Crippen LogP contribution in [0.15, 0.2) is 0 Å². The molecule has 0 saturated carbocycles. The molecule has 20 heavy (non-hydrogen) atoms. The largest absolute Gasteiger partial charge is 0.383 e. The maximum atomic E-state index is 9.16. The van der Waals surface area contributed by atoms with Crippen molar-refractivity contribution in [2.45, 2.75) is 32.2 Å². The molecule has 5 heteroatoms. The summed E-state index contributed by atoms with van der Waals surface area (Å²) in [7, 11) is 1.74. The van der Waals surface area contributed by atoms with Crippen LogP contribution in [0.3, 0.4) is 0 Å². The summed E-state index contributed by atoms with van der Waals surface area (Å²) in [6.07, 6.45) is 2.28. The van der Waals surface area contributed by atoms with Crippen molar-refractivity contribution in [2.24, 2.45) is 5.92 Å². The zero-order valence-corrected chi connectivity index (χ0v) is 12.7. The van der Waals surface area contributed by atoms with Gasteiger partial charge in [0, 0.05) is 52.3 Å². The van der Waals surface area contributed by atoms with E-state index in [2.05, 4.69) is 28.9 Å². The average molecular weight is 278 g/mol. The predicted octanol–water partition coefficient (Wildman–Crippen LogP) is 1.47. The molecule has 0 spiro atoms. The average Bonchev–Trinajstić information content (AvgIpc) is 2.49. The minimum Gasteiger partial charge on any atom is -0.383 e. The lowest BCUT2D eigenvalue weighted by Crippen LogP contribution is -2.54. The topological polar surface area (TPSA) is 63.3 Å². The molecular weight excluding hydrogens is 252 g/mol. The Labute approximate surface area is 122 Å². The summed E-state index contributed by atoms with van der Waals surface area (Å²) in [6, 6.07) is 5.01. The molecule has 1 aliphatic heterocycles. The second-order valence-electron chi connectivity index (χ2n) is 5.37. The highest BCUT2D eigenvalue weighted by molar-refractivity contribution is 4.90. The molecule has 1 saturated heterocycles. The first-order chi connectivity index (χ1) is 9.74. The van der Waals surface area contributed by atoms with Crippen molar-refractivity contribution in [1.82, 2.24) is 9.80 Å². The SMILES string of the molecule is CC[C@@H]1CN(C[C@H](C#N)CCC#N)CCN1CCOC. The maximum Gasteiger partial charge on any atom is 0.0669 e. The minimum atomic E-state index is -0.0160. The van der Waals surface area contributed by atoms with Crippen LogP contribution in [-0.4, -0.2) is 62.3 Å². The van der Waals surface area contributed by atoms with Crippen LogP contribution in [0, 0.1) is 28.6 Å². The molecular formula is C15H26N4O. The van der Waals surface area contributed by atoms with Crippen LogP contribution in [0.2, 0.25) is 0 Å². The van der Waals surface area contributed by atoms with Crippen LogP contribution in [0.1, 0.15) is 26.2 Å². The Morgan fingerprint density at radius 3 is 2.75 bits per heavy atom. The molecule has 0 aromatic rings. The van der Waals surface area contributed by atoms with Crippen LogP contribution in [-0.2, 0) is 4.74 Å². The van der Waals surface area contributed by atoms with Crippen LogP contribution >= 0.6 is 0 Å². The molecule has 0 aromatic carbocycles. The fraction of sp³-hybridized carbons (Fsp3) is 0.867. The Bertz CT molecular complexity index is 347. The van der Waals surface area contributed by atoms with Gasteiger partial charge in [-0.3, -0.25) is 9.80 Å². The Morgan fingerprint density at radius 1 is 1.35 bits per heavy atom. The first-order valence-electron chi connectivity index (χ1n) is 7.47. The molecule has 0 radical (unpaired) electrons. The molecule has 0 aliphatic carbocycles. The molecule has 112 valence electrons. The summed E-state index contributed by atoms with van der Waals surface area (Å²) in [5, 5.41) is 17.8. The van der Waals surface area contributed by atoms with Crippen molar-refractivity contribution < 1.29 is 4.74 Å². The van der Waals surface area contributed by atoms with E-state index in [4.69, 9.17) is 15.3 Å². The Hall–Kier alpha value is -1.14. The molecule has 0 bridgehead atoms. The van der Waals surface area contributed by atoms with E-state index in [0.717, 1.165) is 45.8 Å². The van der Waals surface area contributed by atoms with Gasteiger partial charge in [0.05, 0.1) is 24.7 Å². The first-order valence-corrected chi connectivity index (χ1v) is 7.47. The molecule has 0 amide bonds. The summed E-state index contributed by atoms with van der Waals surface area (Å²) in [5.41, 5.74) is 0. The van der Waals surface area contributed by atoms with Crippen molar-refractivity contribution in [3.63, 3.8) is 0 Å². The van der Waals surface area contributed by atoms with E-state index in [1.807, 2.05) is 0 Å². The van der Waals surface area contributed by atoms with Crippen molar-refractivity contribution in [3.05, 3.63) is 0 Å². The van der Waals surface area contributed by atoms with E-state index in [9.17, 15) is 0 Å². The van der Waals surface area contributed by atoms with E-state index in [1.54, 1.807) is 7.11 Å². The zero-order chi connectivity index (χ0) is 14.8. The van der Waals surface area contributed by atoms with Gasteiger partial charge in [0.2, 0.25) is 0 Å². The predicted molar refractivity (Wildman–Crippen MR) is 77.9 cm³/mol. The molecule has 2 atom stereocenters. The van der Waals surface area contributed by atoms with Crippen molar-refractivity contribution in [2.75, 3.05) is 46.4 Å². The lowest BCUT2D eigenvalue weighted by atomic mass is 10.0. The van der Waals surface area contributed by atoms with E-state index in [1.165, 1.54) is 0 Å². The van der Waals surface area contributed by atoms with E-state index >= 15 is 0 Å². The lowest BCUT2D eigenvalue weighted by Gasteiger charge is -2.41. The molecule has 0 N–H and O–H groups in total. The number of nitriles is 2. The van der Waals surface area contributed by atoms with Crippen LogP contribution < -0.4 is 0 Å². The van der Waals surface area contributed by atoms with Gasteiger partial charge in [0.1, 0.15) is 0 Å². The Kier molecular flexibility index (Phi) is 8.22. The molecule has 1 aliphatic rings. The van der Waals surface area contributed by atoms with Crippen LogP contribution in [0.4, 0.5) is 0 Å². The van der Waals surface area contributed by atoms with Crippen molar-refractivity contribution in [1.29, 1.82) is 10.5 Å². The zero-order valence-electron chi connectivity index (χ0n) is 12.7. The van der Waals surface area contributed by atoms with Crippen LogP contribution in [0.25, 0.3) is 0 Å². The van der Waals surface area contributed by atoms with Gasteiger partial charge < -0.3 is 4.74 Å². The van der Waals surface area contributed by atoms with E-state index in [0.29, 0.717) is 18.9 Å². The number of methoxy groups -OCH3 is 1. The van der Waals surface area contributed by atoms with Crippen LogP contribution in [0.5, 0.6) is 0 Å².